The van der Waals surface area contributed by atoms with Crippen molar-refractivity contribution < 1.29 is 4.74 Å². The van der Waals surface area contributed by atoms with Gasteiger partial charge in [0.1, 0.15) is 5.75 Å². The highest BCUT2D eigenvalue weighted by Crippen LogP contribution is 2.14. The molecular formula is C16H26N2O. The van der Waals surface area contributed by atoms with Crippen molar-refractivity contribution in [2.75, 3.05) is 33.3 Å². The van der Waals surface area contributed by atoms with Crippen LogP contribution in [0.15, 0.2) is 24.3 Å². The molecule has 1 aromatic carbocycles. The quantitative estimate of drug-likeness (QED) is 0.739. The zero-order valence-corrected chi connectivity index (χ0v) is 12.0. The maximum Gasteiger partial charge on any atom is 0.119 e. The van der Waals surface area contributed by atoms with Gasteiger partial charge in [0, 0.05) is 0 Å². The largest absolute Gasteiger partial charge is 0.497 e. The van der Waals surface area contributed by atoms with Gasteiger partial charge in [0.15, 0.2) is 0 Å². The van der Waals surface area contributed by atoms with Crippen LogP contribution in [0.1, 0.15) is 24.8 Å². The molecule has 0 radical (unpaired) electrons. The molecule has 0 saturated carbocycles. The lowest BCUT2D eigenvalue weighted by molar-refractivity contribution is 0.352. The molecule has 1 aromatic rings. The van der Waals surface area contributed by atoms with E-state index in [2.05, 4.69) is 28.8 Å². The number of methoxy groups -OCH3 is 1. The minimum absolute atomic E-state index is 0.873. The Morgan fingerprint density at radius 2 is 2.32 bits per heavy atom. The fraction of sp³-hybridized carbons (Fsp3) is 0.625. The molecule has 0 aromatic heterocycles. The van der Waals surface area contributed by atoms with E-state index in [1.54, 1.807) is 7.11 Å². The molecule has 19 heavy (non-hydrogen) atoms. The highest BCUT2D eigenvalue weighted by atomic mass is 16.5. The maximum atomic E-state index is 5.23. The van der Waals surface area contributed by atoms with Gasteiger partial charge in [-0.15, -0.1) is 0 Å². The van der Waals surface area contributed by atoms with Crippen molar-refractivity contribution in [3.05, 3.63) is 29.8 Å². The zero-order chi connectivity index (χ0) is 13.3. The van der Waals surface area contributed by atoms with Crippen molar-refractivity contribution in [3.63, 3.8) is 0 Å². The molecule has 1 aliphatic heterocycles. The van der Waals surface area contributed by atoms with Gasteiger partial charge in [0.2, 0.25) is 0 Å². The Hall–Kier alpha value is -1.06. The first-order valence-corrected chi connectivity index (χ1v) is 7.43. The van der Waals surface area contributed by atoms with Crippen LogP contribution in [0.25, 0.3) is 0 Å². The Labute approximate surface area is 116 Å². The fourth-order valence-electron chi connectivity index (χ4n) is 2.66. The Morgan fingerprint density at radius 3 is 3.11 bits per heavy atom. The number of hydrogen-bond acceptors (Lipinski definition) is 3. The first-order valence-electron chi connectivity index (χ1n) is 7.43. The molecule has 3 heteroatoms. The van der Waals surface area contributed by atoms with E-state index in [0.29, 0.717) is 0 Å². The molecular weight excluding hydrogens is 236 g/mol. The van der Waals surface area contributed by atoms with Gasteiger partial charge in [-0.25, -0.2) is 0 Å². The molecule has 2 N–H and O–H groups in total. The number of ether oxygens (including phenoxy) is 1. The summed E-state index contributed by atoms with van der Waals surface area (Å²) in [6, 6.07) is 8.33. The van der Waals surface area contributed by atoms with Crippen LogP contribution in [0.2, 0.25) is 0 Å². The lowest BCUT2D eigenvalue weighted by Crippen LogP contribution is -2.32. The van der Waals surface area contributed by atoms with Crippen LogP contribution in [0.4, 0.5) is 0 Å². The van der Waals surface area contributed by atoms with E-state index in [0.717, 1.165) is 31.2 Å². The van der Waals surface area contributed by atoms with Crippen LogP contribution in [-0.2, 0) is 6.42 Å². The second kappa shape index (κ2) is 8.18. The summed E-state index contributed by atoms with van der Waals surface area (Å²) in [4.78, 5) is 0. The molecule has 0 bridgehead atoms. The molecule has 1 aliphatic rings. The number of nitrogens with one attached hydrogen (secondary N) is 2. The minimum Gasteiger partial charge on any atom is -0.497 e. The number of rotatable bonds is 7. The molecule has 0 spiro atoms. The maximum absolute atomic E-state index is 5.23. The van der Waals surface area contributed by atoms with E-state index < -0.39 is 0 Å². The first-order chi connectivity index (χ1) is 9.38. The average molecular weight is 262 g/mol. The molecule has 1 fully saturated rings. The molecule has 2 rings (SSSR count). The average Bonchev–Trinajstić information content (AvgIpc) is 2.48. The van der Waals surface area contributed by atoms with Crippen molar-refractivity contribution in [2.24, 2.45) is 5.92 Å². The topological polar surface area (TPSA) is 33.3 Å². The summed E-state index contributed by atoms with van der Waals surface area (Å²) in [6.45, 7) is 4.60. The number of piperidine rings is 1. The summed E-state index contributed by atoms with van der Waals surface area (Å²) in [5, 5.41) is 7.02. The summed E-state index contributed by atoms with van der Waals surface area (Å²) < 4.78 is 5.23. The summed E-state index contributed by atoms with van der Waals surface area (Å²) in [5.74, 6) is 1.82. The molecule has 1 unspecified atom stereocenters. The lowest BCUT2D eigenvalue weighted by Gasteiger charge is -2.22. The third kappa shape index (κ3) is 5.21. The summed E-state index contributed by atoms with van der Waals surface area (Å²) in [5.41, 5.74) is 1.34. The summed E-state index contributed by atoms with van der Waals surface area (Å²) >= 11 is 0. The Bertz CT molecular complexity index is 362. The van der Waals surface area contributed by atoms with Gasteiger partial charge < -0.3 is 15.4 Å². The SMILES string of the molecule is COc1cccc(CCNCCC2CCCNC2)c1. The van der Waals surface area contributed by atoms with E-state index in [9.17, 15) is 0 Å². The van der Waals surface area contributed by atoms with Crippen molar-refractivity contribution in [1.29, 1.82) is 0 Å². The standard InChI is InChI=1S/C16H26N2O/c1-19-16-6-2-4-14(12-16)7-10-17-11-8-15-5-3-9-18-13-15/h2,4,6,12,15,17-18H,3,5,7-11,13H2,1H3. The van der Waals surface area contributed by atoms with E-state index >= 15 is 0 Å². The third-order valence-corrected chi connectivity index (χ3v) is 3.85. The Kier molecular flexibility index (Phi) is 6.18. The minimum atomic E-state index is 0.873. The first kappa shape index (κ1) is 14.4. The van der Waals surface area contributed by atoms with E-state index in [-0.39, 0.29) is 0 Å². The predicted octanol–water partition coefficient (Wildman–Crippen LogP) is 2.22. The summed E-state index contributed by atoms with van der Waals surface area (Å²) in [7, 11) is 1.72. The summed E-state index contributed by atoms with van der Waals surface area (Å²) in [6.07, 6.45) is 5.10. The number of hydrogen-bond donors (Lipinski definition) is 2. The van der Waals surface area contributed by atoms with Crippen molar-refractivity contribution in [1.82, 2.24) is 10.6 Å². The van der Waals surface area contributed by atoms with E-state index in [4.69, 9.17) is 4.74 Å². The van der Waals surface area contributed by atoms with Gasteiger partial charge in [-0.1, -0.05) is 12.1 Å². The number of benzene rings is 1. The Balaban J connectivity index is 1.58. The van der Waals surface area contributed by atoms with Gasteiger partial charge in [0.05, 0.1) is 7.11 Å². The monoisotopic (exact) mass is 262 g/mol. The normalized spacial score (nSPS) is 19.3. The molecule has 1 heterocycles. The van der Waals surface area contributed by atoms with Gasteiger partial charge in [-0.2, -0.15) is 0 Å². The van der Waals surface area contributed by atoms with Gasteiger partial charge in [0.25, 0.3) is 0 Å². The molecule has 0 amide bonds. The third-order valence-electron chi connectivity index (χ3n) is 3.85. The second-order valence-electron chi connectivity index (χ2n) is 5.35. The highest BCUT2D eigenvalue weighted by Gasteiger charge is 2.11. The van der Waals surface area contributed by atoms with Gasteiger partial charge in [-0.05, 0) is 75.5 Å². The molecule has 106 valence electrons. The van der Waals surface area contributed by atoms with E-state index in [1.165, 1.54) is 37.9 Å². The van der Waals surface area contributed by atoms with Crippen LogP contribution in [0, 0.1) is 5.92 Å². The van der Waals surface area contributed by atoms with Crippen molar-refractivity contribution in [2.45, 2.75) is 25.7 Å². The highest BCUT2D eigenvalue weighted by molar-refractivity contribution is 5.28. The van der Waals surface area contributed by atoms with Crippen LogP contribution < -0.4 is 15.4 Å². The van der Waals surface area contributed by atoms with Gasteiger partial charge in [-0.3, -0.25) is 0 Å². The smallest absolute Gasteiger partial charge is 0.119 e. The lowest BCUT2D eigenvalue weighted by atomic mass is 9.96. The van der Waals surface area contributed by atoms with Crippen molar-refractivity contribution in [3.8, 4) is 5.75 Å². The molecule has 1 saturated heterocycles. The second-order valence-corrected chi connectivity index (χ2v) is 5.35. The predicted molar refractivity (Wildman–Crippen MR) is 79.8 cm³/mol. The zero-order valence-electron chi connectivity index (χ0n) is 12.0. The Morgan fingerprint density at radius 1 is 1.37 bits per heavy atom. The van der Waals surface area contributed by atoms with Crippen molar-refractivity contribution >= 4 is 0 Å². The van der Waals surface area contributed by atoms with Crippen LogP contribution in [0.5, 0.6) is 5.75 Å². The van der Waals surface area contributed by atoms with E-state index in [1.807, 2.05) is 6.07 Å². The molecule has 1 atom stereocenters. The molecule has 0 aliphatic carbocycles. The van der Waals surface area contributed by atoms with Gasteiger partial charge >= 0.3 is 0 Å². The van der Waals surface area contributed by atoms with Crippen LogP contribution in [-0.4, -0.2) is 33.3 Å². The van der Waals surface area contributed by atoms with Crippen LogP contribution >= 0.6 is 0 Å². The fourth-order valence-corrected chi connectivity index (χ4v) is 2.66. The van der Waals surface area contributed by atoms with Crippen LogP contribution in [0.3, 0.4) is 0 Å². The molecule has 3 nitrogen and oxygen atoms in total.